The van der Waals surface area contributed by atoms with E-state index in [-0.39, 0.29) is 5.97 Å². The summed E-state index contributed by atoms with van der Waals surface area (Å²) in [5.41, 5.74) is 4.51. The van der Waals surface area contributed by atoms with E-state index in [1.54, 1.807) is 13.2 Å². The molecule has 4 rings (SSSR count). The minimum Gasteiger partial charge on any atom is -0.497 e. The van der Waals surface area contributed by atoms with Gasteiger partial charge < -0.3 is 9.47 Å². The fourth-order valence-electron chi connectivity index (χ4n) is 3.31. The van der Waals surface area contributed by atoms with Crippen molar-refractivity contribution in [2.24, 2.45) is 0 Å². The van der Waals surface area contributed by atoms with Crippen LogP contribution in [0.5, 0.6) is 5.75 Å². The fraction of sp³-hybridized carbons (Fsp3) is 0.160. The lowest BCUT2D eigenvalue weighted by atomic mass is 10.1. The molecule has 0 unspecified atom stereocenters. The van der Waals surface area contributed by atoms with E-state index in [1.165, 1.54) is 24.4 Å². The first-order chi connectivity index (χ1) is 15.6. The second-order valence-corrected chi connectivity index (χ2v) is 8.09. The van der Waals surface area contributed by atoms with Gasteiger partial charge in [0.25, 0.3) is 0 Å². The highest BCUT2D eigenvalue weighted by molar-refractivity contribution is 7.98. The molecule has 0 atom stereocenters. The molecule has 1 heterocycles. The molecular weight excluding hydrogens is 422 g/mol. The van der Waals surface area contributed by atoms with Crippen LogP contribution in [0.1, 0.15) is 21.5 Å². The molecule has 1 aromatic heterocycles. The Morgan fingerprint density at radius 3 is 2.34 bits per heavy atom. The van der Waals surface area contributed by atoms with E-state index in [0.717, 1.165) is 33.5 Å². The molecule has 162 valence electrons. The van der Waals surface area contributed by atoms with Gasteiger partial charge in [-0.05, 0) is 55.0 Å². The molecule has 32 heavy (non-hydrogen) atoms. The maximum Gasteiger partial charge on any atom is 0.338 e. The van der Waals surface area contributed by atoms with Crippen molar-refractivity contribution < 1.29 is 14.3 Å². The summed E-state index contributed by atoms with van der Waals surface area (Å²) in [7, 11) is 3.03. The third-order valence-electron chi connectivity index (χ3n) is 5.05. The number of aromatic nitrogens is 3. The number of carbonyl (C=O) groups excluding carboxylic acids is 1. The zero-order valence-electron chi connectivity index (χ0n) is 18.1. The summed E-state index contributed by atoms with van der Waals surface area (Å²) in [6.07, 6.45) is 0. The van der Waals surface area contributed by atoms with E-state index in [0.29, 0.717) is 11.3 Å². The van der Waals surface area contributed by atoms with Gasteiger partial charge in [-0.15, -0.1) is 10.2 Å². The third-order valence-corrected chi connectivity index (χ3v) is 6.03. The summed E-state index contributed by atoms with van der Waals surface area (Å²) >= 11 is 1.52. The summed E-state index contributed by atoms with van der Waals surface area (Å²) < 4.78 is 12.2. The number of rotatable bonds is 7. The first-order valence-electron chi connectivity index (χ1n) is 10.1. The minimum atomic E-state index is -0.347. The van der Waals surface area contributed by atoms with Crippen molar-refractivity contribution >= 4 is 17.7 Å². The van der Waals surface area contributed by atoms with Crippen LogP contribution in [0.4, 0.5) is 0 Å². The Labute approximate surface area is 191 Å². The Hall–Kier alpha value is -3.58. The summed E-state index contributed by atoms with van der Waals surface area (Å²) in [5.74, 6) is 1.72. The van der Waals surface area contributed by atoms with Crippen LogP contribution < -0.4 is 4.74 Å². The zero-order valence-corrected chi connectivity index (χ0v) is 18.9. The van der Waals surface area contributed by atoms with Crippen LogP contribution in [0.15, 0.2) is 78.0 Å². The summed E-state index contributed by atoms with van der Waals surface area (Å²) in [6.45, 7) is 2.06. The standard InChI is InChI=1S/C25H23N3O3S/c1-17-8-12-20(13-9-17)28-23(18-10-14-21(30-2)15-11-18)26-27-25(28)32-16-19-6-4-5-7-22(19)24(29)31-3/h4-15H,16H2,1-3H3. The molecule has 0 aliphatic rings. The third kappa shape index (κ3) is 4.53. The number of aryl methyl sites for hydroxylation is 1. The largest absolute Gasteiger partial charge is 0.497 e. The van der Waals surface area contributed by atoms with E-state index >= 15 is 0 Å². The number of hydrogen-bond acceptors (Lipinski definition) is 6. The van der Waals surface area contributed by atoms with Gasteiger partial charge in [-0.2, -0.15) is 0 Å². The Bertz CT molecular complexity index is 1220. The summed E-state index contributed by atoms with van der Waals surface area (Å²) in [6, 6.07) is 23.4. The van der Waals surface area contributed by atoms with Gasteiger partial charge in [0.2, 0.25) is 0 Å². The number of methoxy groups -OCH3 is 2. The fourth-order valence-corrected chi connectivity index (χ4v) is 4.27. The molecule has 0 radical (unpaired) electrons. The number of thioether (sulfide) groups is 1. The highest BCUT2D eigenvalue weighted by Gasteiger charge is 2.18. The van der Waals surface area contributed by atoms with Gasteiger partial charge in [-0.1, -0.05) is 47.7 Å². The van der Waals surface area contributed by atoms with Crippen molar-refractivity contribution in [1.82, 2.24) is 14.8 Å². The molecule has 0 aliphatic heterocycles. The average Bonchev–Trinajstić information content (AvgIpc) is 3.27. The van der Waals surface area contributed by atoms with E-state index < -0.39 is 0 Å². The second-order valence-electron chi connectivity index (χ2n) is 7.14. The number of carbonyl (C=O) groups is 1. The Morgan fingerprint density at radius 1 is 0.938 bits per heavy atom. The predicted octanol–water partition coefficient (Wildman–Crippen LogP) is 5.33. The number of esters is 1. The van der Waals surface area contributed by atoms with Gasteiger partial charge in [0, 0.05) is 17.0 Å². The van der Waals surface area contributed by atoms with Crippen LogP contribution in [0.2, 0.25) is 0 Å². The van der Waals surface area contributed by atoms with Gasteiger partial charge in [-0.25, -0.2) is 4.79 Å². The lowest BCUT2D eigenvalue weighted by molar-refractivity contribution is 0.0600. The van der Waals surface area contributed by atoms with E-state index in [2.05, 4.69) is 41.4 Å². The first-order valence-corrected chi connectivity index (χ1v) is 11.0. The number of ether oxygens (including phenoxy) is 2. The summed E-state index contributed by atoms with van der Waals surface area (Å²) in [4.78, 5) is 12.1. The highest BCUT2D eigenvalue weighted by atomic mass is 32.2. The minimum absolute atomic E-state index is 0.347. The van der Waals surface area contributed by atoms with E-state index in [1.807, 2.05) is 47.0 Å². The molecule has 0 spiro atoms. The van der Waals surface area contributed by atoms with Crippen molar-refractivity contribution in [3.63, 3.8) is 0 Å². The Balaban J connectivity index is 1.72. The van der Waals surface area contributed by atoms with Gasteiger partial charge in [0.05, 0.1) is 19.8 Å². The molecule has 0 saturated heterocycles. The molecule has 4 aromatic rings. The van der Waals surface area contributed by atoms with Crippen molar-refractivity contribution in [2.45, 2.75) is 17.8 Å². The van der Waals surface area contributed by atoms with Crippen LogP contribution in [-0.4, -0.2) is 35.0 Å². The van der Waals surface area contributed by atoms with Crippen molar-refractivity contribution in [3.8, 4) is 22.8 Å². The van der Waals surface area contributed by atoms with Crippen LogP contribution in [0, 0.1) is 6.92 Å². The van der Waals surface area contributed by atoms with Crippen molar-refractivity contribution in [1.29, 1.82) is 0 Å². The highest BCUT2D eigenvalue weighted by Crippen LogP contribution is 2.31. The molecule has 0 saturated carbocycles. The summed E-state index contributed by atoms with van der Waals surface area (Å²) in [5, 5.41) is 9.69. The molecule has 7 heteroatoms. The molecule has 0 N–H and O–H groups in total. The first kappa shape index (κ1) is 21.6. The maximum atomic E-state index is 12.1. The van der Waals surface area contributed by atoms with Crippen molar-refractivity contribution in [2.75, 3.05) is 14.2 Å². The zero-order chi connectivity index (χ0) is 22.5. The Kier molecular flexibility index (Phi) is 6.56. The van der Waals surface area contributed by atoms with Crippen LogP contribution >= 0.6 is 11.8 Å². The van der Waals surface area contributed by atoms with Gasteiger partial charge in [-0.3, -0.25) is 4.57 Å². The van der Waals surface area contributed by atoms with Gasteiger partial charge in [0.1, 0.15) is 5.75 Å². The molecule has 0 bridgehead atoms. The number of hydrogen-bond donors (Lipinski definition) is 0. The predicted molar refractivity (Wildman–Crippen MR) is 125 cm³/mol. The van der Waals surface area contributed by atoms with Gasteiger partial charge in [0.15, 0.2) is 11.0 Å². The van der Waals surface area contributed by atoms with Crippen LogP contribution in [-0.2, 0) is 10.5 Å². The van der Waals surface area contributed by atoms with Crippen LogP contribution in [0.3, 0.4) is 0 Å². The van der Waals surface area contributed by atoms with Crippen LogP contribution in [0.25, 0.3) is 17.1 Å². The van der Waals surface area contributed by atoms with Crippen molar-refractivity contribution in [3.05, 3.63) is 89.5 Å². The van der Waals surface area contributed by atoms with Gasteiger partial charge >= 0.3 is 5.97 Å². The molecular formula is C25H23N3O3S. The smallest absolute Gasteiger partial charge is 0.338 e. The average molecular weight is 446 g/mol. The normalized spacial score (nSPS) is 10.7. The monoisotopic (exact) mass is 445 g/mol. The molecule has 3 aromatic carbocycles. The number of nitrogens with zero attached hydrogens (tertiary/aromatic N) is 3. The SMILES string of the molecule is COC(=O)c1ccccc1CSc1nnc(-c2ccc(OC)cc2)n1-c1ccc(C)cc1. The lowest BCUT2D eigenvalue weighted by Gasteiger charge is -2.12. The maximum absolute atomic E-state index is 12.1. The lowest BCUT2D eigenvalue weighted by Crippen LogP contribution is -2.05. The molecule has 0 amide bonds. The second kappa shape index (κ2) is 9.70. The molecule has 0 aliphatic carbocycles. The molecule has 6 nitrogen and oxygen atoms in total. The Morgan fingerprint density at radius 2 is 1.66 bits per heavy atom. The van der Waals surface area contributed by atoms with E-state index in [9.17, 15) is 4.79 Å². The van der Waals surface area contributed by atoms with E-state index in [4.69, 9.17) is 9.47 Å². The quantitative estimate of drug-likeness (QED) is 0.283. The number of benzene rings is 3. The molecule has 0 fully saturated rings. The topological polar surface area (TPSA) is 66.2 Å².